The summed E-state index contributed by atoms with van der Waals surface area (Å²) in [5.74, 6) is -4.05. The maximum Gasteiger partial charge on any atom is 0.275 e. The van der Waals surface area contributed by atoms with Crippen LogP contribution in [0.4, 0.5) is 8.78 Å². The van der Waals surface area contributed by atoms with Crippen molar-refractivity contribution in [3.05, 3.63) is 24.1 Å². The van der Waals surface area contributed by atoms with Crippen LogP contribution in [-0.2, 0) is 0 Å². The van der Waals surface area contributed by atoms with Crippen LogP contribution in [0.2, 0.25) is 0 Å². The van der Waals surface area contributed by atoms with Crippen LogP contribution in [0.5, 0.6) is 0 Å². The van der Waals surface area contributed by atoms with E-state index in [0.29, 0.717) is 0 Å². The summed E-state index contributed by atoms with van der Waals surface area (Å²) in [6.07, 6.45) is 3.55. The first-order valence-electron chi connectivity index (χ1n) is 2.65. The highest BCUT2D eigenvalue weighted by molar-refractivity contribution is 9.09. The van der Waals surface area contributed by atoms with Gasteiger partial charge in [0.2, 0.25) is 0 Å². The van der Waals surface area contributed by atoms with Crippen molar-refractivity contribution < 1.29 is 13.9 Å². The Bertz CT molecular complexity index is 198. The van der Waals surface area contributed by atoms with Gasteiger partial charge in [-0.1, -0.05) is 28.1 Å². The zero-order chi connectivity index (χ0) is 7.78. The summed E-state index contributed by atoms with van der Waals surface area (Å²) in [5.41, 5.74) is 0. The molecular formula is C6H5BrF2O. The Balaban J connectivity index is 2.93. The van der Waals surface area contributed by atoms with Gasteiger partial charge in [0.15, 0.2) is 5.83 Å². The van der Waals surface area contributed by atoms with Crippen molar-refractivity contribution in [2.45, 2.75) is 10.7 Å². The summed E-state index contributed by atoms with van der Waals surface area (Å²) in [5, 5.41) is 8.70. The molecule has 0 spiro atoms. The van der Waals surface area contributed by atoms with Crippen LogP contribution in [-0.4, -0.2) is 15.8 Å². The lowest BCUT2D eigenvalue weighted by molar-refractivity contribution is -0.0615. The fourth-order valence-corrected chi connectivity index (χ4v) is 1.01. The van der Waals surface area contributed by atoms with E-state index in [2.05, 4.69) is 15.9 Å². The lowest BCUT2D eigenvalue weighted by Gasteiger charge is -2.22. The normalized spacial score (nSPS) is 39.6. The minimum absolute atomic E-state index is 0.887. The van der Waals surface area contributed by atoms with Gasteiger partial charge in [0, 0.05) is 0 Å². The molecule has 56 valence electrons. The van der Waals surface area contributed by atoms with Crippen molar-refractivity contribution in [3.63, 3.8) is 0 Å². The Hall–Kier alpha value is -0.220. The van der Waals surface area contributed by atoms with Crippen molar-refractivity contribution in [1.82, 2.24) is 0 Å². The molecule has 4 heteroatoms. The third kappa shape index (κ3) is 1.13. The predicted molar refractivity (Wildman–Crippen MR) is 37.1 cm³/mol. The van der Waals surface area contributed by atoms with Gasteiger partial charge >= 0.3 is 0 Å². The largest absolute Gasteiger partial charge is 0.355 e. The van der Waals surface area contributed by atoms with Crippen molar-refractivity contribution in [1.29, 1.82) is 0 Å². The minimum Gasteiger partial charge on any atom is -0.355 e. The molecule has 0 aliphatic heterocycles. The van der Waals surface area contributed by atoms with E-state index in [4.69, 9.17) is 5.11 Å². The first kappa shape index (κ1) is 7.88. The highest BCUT2D eigenvalue weighted by Crippen LogP contribution is 2.32. The lowest BCUT2D eigenvalue weighted by atomic mass is 10.1. The maximum atomic E-state index is 12.7. The van der Waals surface area contributed by atoms with E-state index in [9.17, 15) is 8.78 Å². The van der Waals surface area contributed by atoms with Gasteiger partial charge in [-0.15, -0.1) is 0 Å². The van der Waals surface area contributed by atoms with Crippen LogP contribution in [0, 0.1) is 0 Å². The Kier molecular flexibility index (Phi) is 1.92. The monoisotopic (exact) mass is 210 g/mol. The second-order valence-corrected chi connectivity index (χ2v) is 2.96. The third-order valence-corrected chi connectivity index (χ3v) is 2.13. The van der Waals surface area contributed by atoms with E-state index in [0.717, 1.165) is 6.08 Å². The molecule has 0 saturated carbocycles. The number of aliphatic hydroxyl groups is 1. The molecule has 0 radical (unpaired) electrons. The molecule has 10 heavy (non-hydrogen) atoms. The van der Waals surface area contributed by atoms with Gasteiger partial charge < -0.3 is 5.11 Å². The van der Waals surface area contributed by atoms with Crippen LogP contribution in [0.3, 0.4) is 0 Å². The van der Waals surface area contributed by atoms with E-state index in [1.165, 1.54) is 12.2 Å². The number of halogens is 3. The van der Waals surface area contributed by atoms with Crippen LogP contribution in [0.25, 0.3) is 0 Å². The Labute approximate surface area is 65.2 Å². The molecule has 2 atom stereocenters. The topological polar surface area (TPSA) is 20.2 Å². The minimum atomic E-state index is -2.88. The second kappa shape index (κ2) is 2.43. The highest BCUT2D eigenvalue weighted by atomic mass is 79.9. The van der Waals surface area contributed by atoms with E-state index in [1.54, 1.807) is 0 Å². The molecule has 2 unspecified atom stereocenters. The molecule has 0 bridgehead atoms. The van der Waals surface area contributed by atoms with Crippen LogP contribution >= 0.6 is 15.9 Å². The molecule has 0 aromatic rings. The van der Waals surface area contributed by atoms with Crippen molar-refractivity contribution in [2.24, 2.45) is 0 Å². The van der Waals surface area contributed by atoms with E-state index < -0.39 is 16.5 Å². The molecule has 0 amide bonds. The van der Waals surface area contributed by atoms with Crippen molar-refractivity contribution in [2.75, 3.05) is 0 Å². The molecule has 1 rings (SSSR count). The van der Waals surface area contributed by atoms with E-state index in [1.807, 2.05) is 0 Å². The molecule has 0 saturated heterocycles. The van der Waals surface area contributed by atoms with Gasteiger partial charge in [-0.2, -0.15) is 0 Å². The highest BCUT2D eigenvalue weighted by Gasteiger charge is 2.40. The van der Waals surface area contributed by atoms with Gasteiger partial charge in [-0.25, -0.2) is 8.78 Å². The van der Waals surface area contributed by atoms with E-state index >= 15 is 0 Å². The molecule has 1 aliphatic carbocycles. The smallest absolute Gasteiger partial charge is 0.275 e. The summed E-state index contributed by atoms with van der Waals surface area (Å²) in [6, 6.07) is 0. The summed E-state index contributed by atoms with van der Waals surface area (Å²) in [7, 11) is 0. The number of hydrogen-bond donors (Lipinski definition) is 1. The first-order chi connectivity index (χ1) is 4.55. The fraction of sp³-hybridized carbons (Fsp3) is 0.333. The molecule has 0 aromatic heterocycles. The van der Waals surface area contributed by atoms with Gasteiger partial charge in [0.25, 0.3) is 5.85 Å². The Morgan fingerprint density at radius 3 is 2.70 bits per heavy atom. The zero-order valence-corrected chi connectivity index (χ0v) is 6.48. The lowest BCUT2D eigenvalue weighted by Crippen LogP contribution is -2.34. The summed E-state index contributed by atoms with van der Waals surface area (Å²) in [4.78, 5) is -0.995. The van der Waals surface area contributed by atoms with Gasteiger partial charge in [-0.05, 0) is 6.08 Å². The average molecular weight is 211 g/mol. The third-order valence-electron chi connectivity index (χ3n) is 1.22. The SMILES string of the molecule is OC1(F)C(F)=CC=CC1Br. The number of allylic oxidation sites excluding steroid dienone is 2. The standard InChI is InChI=1S/C6H5BrF2O/c7-4-2-1-3-5(8)6(4,9)10/h1-4,10H. The van der Waals surface area contributed by atoms with Crippen LogP contribution in [0.1, 0.15) is 0 Å². The summed E-state index contributed by atoms with van der Waals surface area (Å²) < 4.78 is 25.0. The van der Waals surface area contributed by atoms with Crippen LogP contribution in [0.15, 0.2) is 24.1 Å². The average Bonchev–Trinajstić information content (AvgIpc) is 1.84. The van der Waals surface area contributed by atoms with Crippen molar-refractivity contribution in [3.8, 4) is 0 Å². The molecule has 1 N–H and O–H groups in total. The number of hydrogen-bond acceptors (Lipinski definition) is 1. The molecular weight excluding hydrogens is 206 g/mol. The van der Waals surface area contributed by atoms with Gasteiger partial charge in [0.05, 0.1) is 4.83 Å². The Morgan fingerprint density at radius 2 is 2.30 bits per heavy atom. The first-order valence-corrected chi connectivity index (χ1v) is 3.56. The molecule has 0 aromatic carbocycles. The summed E-state index contributed by atoms with van der Waals surface area (Å²) in [6.45, 7) is 0. The van der Waals surface area contributed by atoms with Gasteiger partial charge in [-0.3, -0.25) is 0 Å². The summed E-state index contributed by atoms with van der Waals surface area (Å²) >= 11 is 2.76. The van der Waals surface area contributed by atoms with E-state index in [-0.39, 0.29) is 0 Å². The second-order valence-electron chi connectivity index (χ2n) is 1.97. The fourth-order valence-electron chi connectivity index (χ4n) is 0.614. The van der Waals surface area contributed by atoms with Crippen LogP contribution < -0.4 is 0 Å². The molecule has 1 aliphatic rings. The number of rotatable bonds is 0. The van der Waals surface area contributed by atoms with Gasteiger partial charge in [0.1, 0.15) is 0 Å². The maximum absolute atomic E-state index is 12.7. The molecule has 0 heterocycles. The molecule has 0 fully saturated rings. The predicted octanol–water partition coefficient (Wildman–Crippen LogP) is 1.83. The number of alkyl halides is 2. The zero-order valence-electron chi connectivity index (χ0n) is 4.89. The Morgan fingerprint density at radius 1 is 1.70 bits per heavy atom. The molecule has 1 nitrogen and oxygen atoms in total. The quantitative estimate of drug-likeness (QED) is 0.606. The van der Waals surface area contributed by atoms with Crippen molar-refractivity contribution >= 4 is 15.9 Å².